The van der Waals surface area contributed by atoms with E-state index in [0.29, 0.717) is 12.8 Å². The van der Waals surface area contributed by atoms with Crippen molar-refractivity contribution < 1.29 is 9.59 Å². The maximum absolute atomic E-state index is 13.7. The Balaban J connectivity index is 1.81. The van der Waals surface area contributed by atoms with Gasteiger partial charge >= 0.3 is 0 Å². The Bertz CT molecular complexity index is 1200. The highest BCUT2D eigenvalue weighted by Gasteiger charge is 2.47. The smallest absolute Gasteiger partial charge is 0.162 e. The molecule has 33 heavy (non-hydrogen) atoms. The number of carbonyl (C=O) groups is 2. The fraction of sp³-hybridized carbons (Fsp3) is 0.379. The van der Waals surface area contributed by atoms with Gasteiger partial charge in [0.1, 0.15) is 0 Å². The number of rotatable bonds is 2. The minimum Gasteiger partial charge on any atom is -0.317 e. The van der Waals surface area contributed by atoms with E-state index in [0.717, 1.165) is 51.1 Å². The van der Waals surface area contributed by atoms with Crippen molar-refractivity contribution in [3.8, 4) is 0 Å². The molecular weight excluding hydrogens is 474 g/mol. The largest absolute Gasteiger partial charge is 0.317 e. The number of hydrogen-bond acceptors (Lipinski definition) is 3. The lowest BCUT2D eigenvalue weighted by atomic mass is 9.65. The molecule has 3 aliphatic rings. The minimum absolute atomic E-state index is 0.120. The number of hydrogen-bond donors (Lipinski definition) is 0. The van der Waals surface area contributed by atoms with Gasteiger partial charge in [0.15, 0.2) is 11.6 Å². The van der Waals surface area contributed by atoms with Crippen molar-refractivity contribution in [1.29, 1.82) is 0 Å². The predicted molar refractivity (Wildman–Crippen MR) is 136 cm³/mol. The molecule has 0 spiro atoms. The van der Waals surface area contributed by atoms with Crippen molar-refractivity contribution in [2.75, 3.05) is 4.90 Å². The monoisotopic (exact) mass is 503 g/mol. The van der Waals surface area contributed by atoms with Crippen molar-refractivity contribution in [1.82, 2.24) is 0 Å². The van der Waals surface area contributed by atoms with Crippen LogP contribution in [-0.4, -0.2) is 11.6 Å². The Morgan fingerprint density at radius 2 is 1.48 bits per heavy atom. The second kappa shape index (κ2) is 8.09. The maximum Gasteiger partial charge on any atom is 0.162 e. The summed E-state index contributed by atoms with van der Waals surface area (Å²) < 4.78 is 0.992. The highest BCUT2D eigenvalue weighted by molar-refractivity contribution is 9.10. The summed E-state index contributed by atoms with van der Waals surface area (Å²) in [7, 11) is 0. The molecule has 0 radical (unpaired) electrons. The van der Waals surface area contributed by atoms with Gasteiger partial charge in [-0.25, -0.2) is 0 Å². The topological polar surface area (TPSA) is 37.4 Å². The molecule has 0 saturated carbocycles. The first-order valence-electron chi connectivity index (χ1n) is 11.8. The molecule has 0 bridgehead atoms. The minimum atomic E-state index is -0.284. The zero-order valence-corrected chi connectivity index (χ0v) is 21.3. The number of ketones is 2. The highest BCUT2D eigenvalue weighted by atomic mass is 79.9. The van der Waals surface area contributed by atoms with E-state index in [4.69, 9.17) is 0 Å². The van der Waals surface area contributed by atoms with E-state index in [2.05, 4.69) is 84.9 Å². The number of allylic oxidation sites excluding steroid dienone is 4. The average molecular weight is 504 g/mol. The zero-order valence-electron chi connectivity index (χ0n) is 19.7. The van der Waals surface area contributed by atoms with Crippen LogP contribution < -0.4 is 4.90 Å². The Labute approximate surface area is 204 Å². The summed E-state index contributed by atoms with van der Waals surface area (Å²) >= 11 is 3.53. The summed E-state index contributed by atoms with van der Waals surface area (Å²) in [6.45, 7) is 8.59. The molecule has 0 fully saturated rings. The van der Waals surface area contributed by atoms with Crippen molar-refractivity contribution in [3.63, 3.8) is 0 Å². The number of Topliss-reactive ketones (excluding diaryl/α,β-unsaturated/α-hetero) is 2. The summed E-state index contributed by atoms with van der Waals surface area (Å²) in [4.78, 5) is 29.6. The van der Waals surface area contributed by atoms with Gasteiger partial charge in [0.2, 0.25) is 0 Å². The van der Waals surface area contributed by atoms with Gasteiger partial charge in [0.05, 0.1) is 0 Å². The molecule has 5 rings (SSSR count). The molecule has 1 heterocycles. The molecule has 2 aromatic rings. The van der Waals surface area contributed by atoms with Crippen molar-refractivity contribution in [2.24, 2.45) is 11.3 Å². The van der Waals surface area contributed by atoms with Crippen LogP contribution in [0.2, 0.25) is 0 Å². The van der Waals surface area contributed by atoms with Crippen molar-refractivity contribution in [2.45, 2.75) is 59.3 Å². The van der Waals surface area contributed by atoms with Crippen LogP contribution in [0.1, 0.15) is 63.5 Å². The Morgan fingerprint density at radius 1 is 0.848 bits per heavy atom. The van der Waals surface area contributed by atoms with Crippen LogP contribution in [0.25, 0.3) is 0 Å². The molecule has 2 unspecified atom stereocenters. The molecule has 0 aromatic heterocycles. The Hall–Kier alpha value is -2.46. The molecule has 2 atom stereocenters. The molecule has 0 saturated heterocycles. The SMILES string of the molecule is Cc1ccc(N2C3=C(C(=O)CC(C)C3)C(c3ccc(Br)cc3)C3=C2CC(C)(C)CC3=O)cc1. The van der Waals surface area contributed by atoms with E-state index >= 15 is 0 Å². The van der Waals surface area contributed by atoms with E-state index in [-0.39, 0.29) is 28.8 Å². The first-order valence-corrected chi connectivity index (χ1v) is 12.6. The van der Waals surface area contributed by atoms with E-state index < -0.39 is 0 Å². The molecule has 2 aromatic carbocycles. The van der Waals surface area contributed by atoms with Crippen molar-refractivity contribution in [3.05, 3.63) is 86.7 Å². The van der Waals surface area contributed by atoms with Crippen LogP contribution in [0, 0.1) is 18.3 Å². The van der Waals surface area contributed by atoms with Gasteiger partial charge in [0, 0.05) is 51.5 Å². The van der Waals surface area contributed by atoms with E-state index in [1.165, 1.54) is 5.56 Å². The Kier molecular flexibility index (Phi) is 5.48. The first kappa shape index (κ1) is 22.3. The summed E-state index contributed by atoms with van der Waals surface area (Å²) in [5.74, 6) is 0.347. The predicted octanol–water partition coefficient (Wildman–Crippen LogP) is 7.26. The van der Waals surface area contributed by atoms with Gasteiger partial charge < -0.3 is 4.90 Å². The molecular formula is C29H30BrNO2. The van der Waals surface area contributed by atoms with E-state index in [1.807, 2.05) is 12.1 Å². The highest BCUT2D eigenvalue weighted by Crippen LogP contribution is 2.53. The van der Waals surface area contributed by atoms with Gasteiger partial charge in [-0.3, -0.25) is 9.59 Å². The summed E-state index contributed by atoms with van der Waals surface area (Å²) in [5.41, 5.74) is 6.95. The van der Waals surface area contributed by atoms with Gasteiger partial charge in [0.25, 0.3) is 0 Å². The van der Waals surface area contributed by atoms with E-state index in [9.17, 15) is 9.59 Å². The summed E-state index contributed by atoms with van der Waals surface area (Å²) in [5, 5.41) is 0. The van der Waals surface area contributed by atoms with Gasteiger partial charge in [-0.15, -0.1) is 0 Å². The normalized spacial score (nSPS) is 24.7. The summed E-state index contributed by atoms with van der Waals surface area (Å²) in [6.07, 6.45) is 2.70. The second-order valence-corrected chi connectivity index (χ2v) is 11.7. The fourth-order valence-electron chi connectivity index (χ4n) is 5.77. The third kappa shape index (κ3) is 3.93. The fourth-order valence-corrected chi connectivity index (χ4v) is 6.03. The second-order valence-electron chi connectivity index (χ2n) is 10.8. The van der Waals surface area contributed by atoms with Gasteiger partial charge in [-0.1, -0.05) is 66.5 Å². The van der Waals surface area contributed by atoms with Crippen LogP contribution in [0.5, 0.6) is 0 Å². The van der Waals surface area contributed by atoms with Crippen LogP contribution >= 0.6 is 15.9 Å². The standard InChI is InChI=1S/C29H30BrNO2/c1-17-5-11-21(12-6-17)31-22-13-18(2)14-24(32)27(22)26(19-7-9-20(30)10-8-19)28-23(31)15-29(3,4)16-25(28)33/h5-12,18,26H,13-16H2,1-4H3. The lowest BCUT2D eigenvalue weighted by Crippen LogP contribution is -2.43. The third-order valence-corrected chi connectivity index (χ3v) is 7.72. The third-order valence-electron chi connectivity index (χ3n) is 7.20. The number of anilines is 1. The quantitative estimate of drug-likeness (QED) is 0.432. The molecule has 1 aliphatic heterocycles. The molecule has 4 heteroatoms. The Morgan fingerprint density at radius 3 is 2.15 bits per heavy atom. The number of nitrogens with zero attached hydrogens (tertiary/aromatic N) is 1. The summed E-state index contributed by atoms with van der Waals surface area (Å²) in [6, 6.07) is 16.6. The van der Waals surface area contributed by atoms with E-state index in [1.54, 1.807) is 0 Å². The number of aryl methyl sites for hydroxylation is 1. The molecule has 0 N–H and O–H groups in total. The number of halogens is 1. The van der Waals surface area contributed by atoms with Gasteiger partial charge in [-0.2, -0.15) is 0 Å². The molecule has 0 amide bonds. The maximum atomic E-state index is 13.7. The van der Waals surface area contributed by atoms with Crippen LogP contribution in [-0.2, 0) is 9.59 Å². The molecule has 170 valence electrons. The zero-order chi connectivity index (χ0) is 23.5. The lowest BCUT2D eigenvalue weighted by molar-refractivity contribution is -0.118. The van der Waals surface area contributed by atoms with Crippen LogP contribution in [0.15, 0.2) is 75.5 Å². The molecule has 2 aliphatic carbocycles. The average Bonchev–Trinajstić information content (AvgIpc) is 2.73. The number of benzene rings is 2. The van der Waals surface area contributed by atoms with Crippen LogP contribution in [0.4, 0.5) is 5.69 Å². The first-order chi connectivity index (χ1) is 15.6. The van der Waals surface area contributed by atoms with Crippen molar-refractivity contribution >= 4 is 33.2 Å². The number of carbonyl (C=O) groups excluding carboxylic acids is 2. The van der Waals surface area contributed by atoms with Crippen LogP contribution in [0.3, 0.4) is 0 Å². The van der Waals surface area contributed by atoms with Gasteiger partial charge in [-0.05, 0) is 60.9 Å². The lowest BCUT2D eigenvalue weighted by Gasteiger charge is -2.47. The molecule has 3 nitrogen and oxygen atoms in total.